The van der Waals surface area contributed by atoms with Gasteiger partial charge in [-0.15, -0.1) is 0 Å². The molecular weight excluding hydrogens is 260 g/mol. The number of nitrogens with zero attached hydrogens (tertiary/aromatic N) is 1. The highest BCUT2D eigenvalue weighted by atomic mass is 16.5. The third kappa shape index (κ3) is 3.13. The second-order valence-corrected chi connectivity index (χ2v) is 5.59. The van der Waals surface area contributed by atoms with Crippen molar-refractivity contribution in [2.75, 3.05) is 23.7 Å². The van der Waals surface area contributed by atoms with E-state index >= 15 is 0 Å². The quantitative estimate of drug-likeness (QED) is 0.853. The zero-order valence-electron chi connectivity index (χ0n) is 12.5. The first-order valence-electron chi connectivity index (χ1n) is 7.61. The Bertz CT molecular complexity index is 569. The van der Waals surface area contributed by atoms with Crippen molar-refractivity contribution in [3.63, 3.8) is 0 Å². The van der Waals surface area contributed by atoms with E-state index in [4.69, 9.17) is 10.5 Å². The van der Waals surface area contributed by atoms with Crippen molar-refractivity contribution in [1.82, 2.24) is 0 Å². The van der Waals surface area contributed by atoms with Crippen molar-refractivity contribution in [2.45, 2.75) is 25.9 Å². The van der Waals surface area contributed by atoms with Crippen LogP contribution in [0.1, 0.15) is 18.9 Å². The highest BCUT2D eigenvalue weighted by Gasteiger charge is 2.24. The van der Waals surface area contributed by atoms with Gasteiger partial charge >= 0.3 is 0 Å². The van der Waals surface area contributed by atoms with Gasteiger partial charge in [0, 0.05) is 24.3 Å². The molecular formula is C18H22N2O. The first-order valence-corrected chi connectivity index (χ1v) is 7.61. The first-order chi connectivity index (χ1) is 10.3. The number of fused-ring (bicyclic) bond motifs is 1. The van der Waals surface area contributed by atoms with Gasteiger partial charge in [0.25, 0.3) is 0 Å². The van der Waals surface area contributed by atoms with Gasteiger partial charge in [-0.3, -0.25) is 0 Å². The van der Waals surface area contributed by atoms with Gasteiger partial charge in [0.15, 0.2) is 0 Å². The van der Waals surface area contributed by atoms with Crippen LogP contribution in [0, 0.1) is 0 Å². The molecule has 0 saturated heterocycles. The minimum Gasteiger partial charge on any atom is -0.488 e. The Hall–Kier alpha value is -2.16. The molecule has 2 N–H and O–H groups in total. The Morgan fingerprint density at radius 2 is 1.90 bits per heavy atom. The average molecular weight is 282 g/mol. The van der Waals surface area contributed by atoms with E-state index in [1.165, 1.54) is 11.3 Å². The molecule has 110 valence electrons. The summed E-state index contributed by atoms with van der Waals surface area (Å²) in [7, 11) is 0. The molecule has 1 heterocycles. The fourth-order valence-electron chi connectivity index (χ4n) is 2.88. The molecule has 0 amide bonds. The van der Waals surface area contributed by atoms with Gasteiger partial charge in [0.05, 0.1) is 6.54 Å². The molecule has 0 bridgehead atoms. The maximum atomic E-state index is 6.06. The SMILES string of the molecule is CCCN(CC1Cc2ccccc2O1)c1ccc(N)cc1. The number of nitrogens with two attached hydrogens (primary N) is 1. The number of anilines is 2. The van der Waals surface area contributed by atoms with Gasteiger partial charge < -0.3 is 15.4 Å². The zero-order chi connectivity index (χ0) is 14.7. The number of benzene rings is 2. The second-order valence-electron chi connectivity index (χ2n) is 5.59. The fourth-order valence-corrected chi connectivity index (χ4v) is 2.88. The molecule has 3 nitrogen and oxygen atoms in total. The van der Waals surface area contributed by atoms with Crippen molar-refractivity contribution in [3.05, 3.63) is 54.1 Å². The molecule has 0 saturated carbocycles. The summed E-state index contributed by atoms with van der Waals surface area (Å²) in [6, 6.07) is 16.4. The van der Waals surface area contributed by atoms with E-state index in [-0.39, 0.29) is 6.10 Å². The van der Waals surface area contributed by atoms with E-state index in [1.807, 2.05) is 18.2 Å². The van der Waals surface area contributed by atoms with E-state index in [9.17, 15) is 0 Å². The van der Waals surface area contributed by atoms with Crippen molar-refractivity contribution in [1.29, 1.82) is 0 Å². The Morgan fingerprint density at radius 1 is 1.14 bits per heavy atom. The molecule has 0 aromatic heterocycles. The van der Waals surface area contributed by atoms with E-state index in [1.54, 1.807) is 0 Å². The minimum atomic E-state index is 0.228. The summed E-state index contributed by atoms with van der Waals surface area (Å²) in [6.07, 6.45) is 2.33. The smallest absolute Gasteiger partial charge is 0.123 e. The van der Waals surface area contributed by atoms with Crippen LogP contribution in [0.2, 0.25) is 0 Å². The fraction of sp³-hybridized carbons (Fsp3) is 0.333. The molecule has 1 atom stereocenters. The van der Waals surface area contributed by atoms with Crippen LogP contribution >= 0.6 is 0 Å². The van der Waals surface area contributed by atoms with Gasteiger partial charge in [-0.2, -0.15) is 0 Å². The van der Waals surface area contributed by atoms with E-state index in [0.717, 1.165) is 37.4 Å². The molecule has 0 aliphatic carbocycles. The third-order valence-electron chi connectivity index (χ3n) is 3.89. The molecule has 1 unspecified atom stereocenters. The predicted octanol–water partition coefficient (Wildman–Crippen LogP) is 3.49. The summed E-state index contributed by atoms with van der Waals surface area (Å²) in [5.41, 5.74) is 9.11. The maximum absolute atomic E-state index is 6.06. The van der Waals surface area contributed by atoms with Crippen LogP contribution in [0.15, 0.2) is 48.5 Å². The summed E-state index contributed by atoms with van der Waals surface area (Å²) in [5, 5.41) is 0. The van der Waals surface area contributed by atoms with Crippen LogP contribution in [-0.4, -0.2) is 19.2 Å². The van der Waals surface area contributed by atoms with Gasteiger partial charge in [-0.05, 0) is 42.3 Å². The van der Waals surface area contributed by atoms with E-state index in [0.29, 0.717) is 0 Å². The monoisotopic (exact) mass is 282 g/mol. The molecule has 0 radical (unpaired) electrons. The first kappa shape index (κ1) is 13.8. The summed E-state index contributed by atoms with van der Waals surface area (Å²) >= 11 is 0. The lowest BCUT2D eigenvalue weighted by Gasteiger charge is -2.27. The maximum Gasteiger partial charge on any atom is 0.123 e. The standard InChI is InChI=1S/C18H22N2O/c1-2-11-20(16-9-7-15(19)8-10-16)13-17-12-14-5-3-4-6-18(14)21-17/h3-10,17H,2,11-13,19H2,1H3. The predicted molar refractivity (Wildman–Crippen MR) is 87.9 cm³/mol. The van der Waals surface area contributed by atoms with Gasteiger partial charge in [-0.1, -0.05) is 25.1 Å². The molecule has 2 aromatic carbocycles. The van der Waals surface area contributed by atoms with Crippen LogP contribution in [0.25, 0.3) is 0 Å². The lowest BCUT2D eigenvalue weighted by Crippen LogP contribution is -2.35. The van der Waals surface area contributed by atoms with E-state index in [2.05, 4.69) is 42.2 Å². The highest BCUT2D eigenvalue weighted by molar-refractivity contribution is 5.53. The molecule has 0 fully saturated rings. The summed E-state index contributed by atoms with van der Waals surface area (Å²) in [5.74, 6) is 1.04. The van der Waals surface area contributed by atoms with Crippen LogP contribution in [0.4, 0.5) is 11.4 Å². The normalized spacial score (nSPS) is 16.3. The van der Waals surface area contributed by atoms with Crippen molar-refractivity contribution in [2.24, 2.45) is 0 Å². The number of ether oxygens (including phenoxy) is 1. The average Bonchev–Trinajstić information content (AvgIpc) is 2.90. The van der Waals surface area contributed by atoms with Crippen LogP contribution in [-0.2, 0) is 6.42 Å². The summed E-state index contributed by atoms with van der Waals surface area (Å²) < 4.78 is 6.06. The molecule has 3 heteroatoms. The number of hydrogen-bond donors (Lipinski definition) is 1. The third-order valence-corrected chi connectivity index (χ3v) is 3.89. The number of hydrogen-bond acceptors (Lipinski definition) is 3. The van der Waals surface area contributed by atoms with E-state index < -0.39 is 0 Å². The molecule has 2 aromatic rings. The van der Waals surface area contributed by atoms with Crippen molar-refractivity contribution in [3.8, 4) is 5.75 Å². The van der Waals surface area contributed by atoms with Crippen molar-refractivity contribution >= 4 is 11.4 Å². The molecule has 21 heavy (non-hydrogen) atoms. The van der Waals surface area contributed by atoms with Crippen LogP contribution < -0.4 is 15.4 Å². The number of para-hydroxylation sites is 1. The molecule has 0 spiro atoms. The molecule has 3 rings (SSSR count). The summed E-state index contributed by atoms with van der Waals surface area (Å²) in [6.45, 7) is 4.14. The van der Waals surface area contributed by atoms with Gasteiger partial charge in [-0.25, -0.2) is 0 Å². The molecule has 1 aliphatic rings. The minimum absolute atomic E-state index is 0.228. The Kier molecular flexibility index (Phi) is 4.00. The van der Waals surface area contributed by atoms with Gasteiger partial charge in [0.2, 0.25) is 0 Å². The lowest BCUT2D eigenvalue weighted by molar-refractivity contribution is 0.237. The Morgan fingerprint density at radius 3 is 2.62 bits per heavy atom. The largest absolute Gasteiger partial charge is 0.488 e. The number of rotatable bonds is 5. The van der Waals surface area contributed by atoms with Crippen LogP contribution in [0.3, 0.4) is 0 Å². The number of nitrogen functional groups attached to an aromatic ring is 1. The Balaban J connectivity index is 1.70. The van der Waals surface area contributed by atoms with Gasteiger partial charge in [0.1, 0.15) is 11.9 Å². The van der Waals surface area contributed by atoms with Crippen LogP contribution in [0.5, 0.6) is 5.75 Å². The zero-order valence-corrected chi connectivity index (χ0v) is 12.5. The Labute approximate surface area is 126 Å². The lowest BCUT2D eigenvalue weighted by atomic mass is 10.1. The highest BCUT2D eigenvalue weighted by Crippen LogP contribution is 2.29. The molecule has 1 aliphatic heterocycles. The van der Waals surface area contributed by atoms with Crippen molar-refractivity contribution < 1.29 is 4.74 Å². The topological polar surface area (TPSA) is 38.5 Å². The second kappa shape index (κ2) is 6.08. The summed E-state index contributed by atoms with van der Waals surface area (Å²) in [4.78, 5) is 2.38.